The highest BCUT2D eigenvalue weighted by atomic mass is 32.2. The van der Waals surface area contributed by atoms with Crippen LogP contribution in [0.5, 0.6) is 0 Å². The molecule has 1 aromatic heterocycles. The van der Waals surface area contributed by atoms with Gasteiger partial charge in [-0.1, -0.05) is 31.5 Å². The number of hydrogen-bond donors (Lipinski definition) is 1. The van der Waals surface area contributed by atoms with Crippen molar-refractivity contribution in [2.75, 3.05) is 7.05 Å². The van der Waals surface area contributed by atoms with Gasteiger partial charge in [0.15, 0.2) is 0 Å². The zero-order chi connectivity index (χ0) is 13.2. The van der Waals surface area contributed by atoms with Crippen molar-refractivity contribution in [3.8, 4) is 0 Å². The summed E-state index contributed by atoms with van der Waals surface area (Å²) in [5, 5.41) is 17.5. The van der Waals surface area contributed by atoms with Gasteiger partial charge in [-0.3, -0.25) is 0 Å². The van der Waals surface area contributed by atoms with Crippen LogP contribution in [-0.4, -0.2) is 38.5 Å². The summed E-state index contributed by atoms with van der Waals surface area (Å²) in [7, 11) is 2.07. The van der Waals surface area contributed by atoms with Gasteiger partial charge in [-0.15, -0.1) is 5.10 Å². The first-order chi connectivity index (χ1) is 9.29. The normalized spacial score (nSPS) is 32.2. The van der Waals surface area contributed by atoms with E-state index < -0.39 is 0 Å². The molecule has 3 unspecified atom stereocenters. The van der Waals surface area contributed by atoms with E-state index in [9.17, 15) is 0 Å². The van der Waals surface area contributed by atoms with Crippen LogP contribution in [-0.2, 0) is 0 Å². The molecule has 3 rings (SSSR count). The van der Waals surface area contributed by atoms with Crippen molar-refractivity contribution in [1.82, 2.24) is 25.5 Å². The predicted octanol–water partition coefficient (Wildman–Crippen LogP) is 2.27. The molecular formula is C13H23N5S. The van der Waals surface area contributed by atoms with E-state index in [1.807, 2.05) is 11.8 Å². The van der Waals surface area contributed by atoms with E-state index in [2.05, 4.69) is 39.5 Å². The summed E-state index contributed by atoms with van der Waals surface area (Å²) < 4.78 is 2.08. The Kier molecular flexibility index (Phi) is 4.07. The summed E-state index contributed by atoms with van der Waals surface area (Å²) in [5.41, 5.74) is 0. The van der Waals surface area contributed by atoms with Crippen LogP contribution in [0.15, 0.2) is 5.16 Å². The number of tetrazole rings is 1. The number of nitrogens with zero attached hydrogens (tertiary/aromatic N) is 4. The van der Waals surface area contributed by atoms with E-state index in [0.717, 1.165) is 5.16 Å². The molecule has 0 spiro atoms. The summed E-state index contributed by atoms with van der Waals surface area (Å²) >= 11 is 1.89. The highest BCUT2D eigenvalue weighted by Gasteiger charge is 2.34. The molecule has 1 aromatic rings. The summed E-state index contributed by atoms with van der Waals surface area (Å²) in [6, 6.07) is 1.18. The van der Waals surface area contributed by atoms with Crippen molar-refractivity contribution in [3.63, 3.8) is 0 Å². The van der Waals surface area contributed by atoms with Crippen LogP contribution in [0.4, 0.5) is 0 Å². The Morgan fingerprint density at radius 3 is 2.68 bits per heavy atom. The van der Waals surface area contributed by atoms with Crippen LogP contribution in [0.1, 0.15) is 51.5 Å². The van der Waals surface area contributed by atoms with Crippen molar-refractivity contribution in [3.05, 3.63) is 0 Å². The lowest BCUT2D eigenvalue weighted by Crippen LogP contribution is -2.30. The first-order valence-electron chi connectivity index (χ1n) is 7.41. The monoisotopic (exact) mass is 281 g/mol. The molecule has 6 heteroatoms. The summed E-state index contributed by atoms with van der Waals surface area (Å²) in [6.07, 6.45) is 7.62. The maximum Gasteiger partial charge on any atom is 0.209 e. The fraction of sp³-hybridized carbons (Fsp3) is 0.923. The minimum absolute atomic E-state index is 0.536. The van der Waals surface area contributed by atoms with Gasteiger partial charge in [0.2, 0.25) is 5.16 Å². The van der Waals surface area contributed by atoms with Crippen molar-refractivity contribution in [2.24, 2.45) is 5.92 Å². The summed E-state index contributed by atoms with van der Waals surface area (Å²) in [6.45, 7) is 2.34. The second-order valence-electron chi connectivity index (χ2n) is 5.83. The quantitative estimate of drug-likeness (QED) is 0.917. The van der Waals surface area contributed by atoms with Gasteiger partial charge in [-0.05, 0) is 49.1 Å². The Balaban J connectivity index is 1.68. The van der Waals surface area contributed by atoms with Crippen molar-refractivity contribution in [1.29, 1.82) is 0 Å². The molecule has 1 heterocycles. The van der Waals surface area contributed by atoms with Gasteiger partial charge < -0.3 is 5.32 Å². The lowest BCUT2D eigenvalue weighted by atomic mass is 10.1. The lowest BCUT2D eigenvalue weighted by Gasteiger charge is -2.20. The van der Waals surface area contributed by atoms with Crippen LogP contribution in [0.2, 0.25) is 0 Å². The number of rotatable bonds is 4. The van der Waals surface area contributed by atoms with Crippen LogP contribution in [0.25, 0.3) is 0 Å². The van der Waals surface area contributed by atoms with Crippen molar-refractivity contribution < 1.29 is 0 Å². The average Bonchev–Trinajstić information content (AvgIpc) is 3.12. The van der Waals surface area contributed by atoms with Gasteiger partial charge >= 0.3 is 0 Å². The zero-order valence-corrected chi connectivity index (χ0v) is 12.6. The molecule has 0 aliphatic heterocycles. The second kappa shape index (κ2) is 5.79. The van der Waals surface area contributed by atoms with E-state index in [-0.39, 0.29) is 0 Å². The summed E-state index contributed by atoms with van der Waals surface area (Å²) in [4.78, 5) is 0. The van der Waals surface area contributed by atoms with Crippen molar-refractivity contribution >= 4 is 11.8 Å². The molecule has 2 fully saturated rings. The van der Waals surface area contributed by atoms with Crippen LogP contribution in [0.3, 0.4) is 0 Å². The third kappa shape index (κ3) is 2.65. The molecule has 2 aliphatic carbocycles. The molecule has 19 heavy (non-hydrogen) atoms. The van der Waals surface area contributed by atoms with Crippen LogP contribution < -0.4 is 5.32 Å². The van der Waals surface area contributed by atoms with Gasteiger partial charge in [0.1, 0.15) is 0 Å². The third-order valence-electron chi connectivity index (χ3n) is 4.74. The minimum atomic E-state index is 0.536. The molecule has 0 aromatic carbocycles. The van der Waals surface area contributed by atoms with Crippen molar-refractivity contribution in [2.45, 2.75) is 67.9 Å². The molecule has 3 atom stereocenters. The topological polar surface area (TPSA) is 55.6 Å². The van der Waals surface area contributed by atoms with E-state index >= 15 is 0 Å². The molecule has 0 saturated heterocycles. The first-order valence-corrected chi connectivity index (χ1v) is 8.29. The molecule has 0 radical (unpaired) electrons. The highest BCUT2D eigenvalue weighted by molar-refractivity contribution is 7.99. The molecular weight excluding hydrogens is 258 g/mol. The van der Waals surface area contributed by atoms with Gasteiger partial charge in [-0.2, -0.15) is 0 Å². The molecule has 0 amide bonds. The highest BCUT2D eigenvalue weighted by Crippen LogP contribution is 2.39. The predicted molar refractivity (Wildman–Crippen MR) is 76.2 cm³/mol. The van der Waals surface area contributed by atoms with E-state index in [1.54, 1.807) is 0 Å². The Labute approximate surface area is 118 Å². The Bertz CT molecular complexity index is 415. The first kappa shape index (κ1) is 13.4. The molecule has 2 saturated carbocycles. The lowest BCUT2D eigenvalue weighted by molar-refractivity contribution is 0.421. The molecule has 106 valence electrons. The molecule has 0 bridgehead atoms. The maximum atomic E-state index is 4.25. The standard InChI is InChI=1S/C13H23N5S/c1-9-11(14-2)7-8-12(9)19-13-15-16-17-18(13)10-5-3-4-6-10/h9-12,14H,3-8H2,1-2H3. The Morgan fingerprint density at radius 1 is 1.21 bits per heavy atom. The third-order valence-corrected chi connectivity index (χ3v) is 6.19. The van der Waals surface area contributed by atoms with Crippen LogP contribution in [0, 0.1) is 5.92 Å². The van der Waals surface area contributed by atoms with E-state index in [1.165, 1.54) is 38.5 Å². The van der Waals surface area contributed by atoms with E-state index in [4.69, 9.17) is 0 Å². The minimum Gasteiger partial charge on any atom is -0.317 e. The SMILES string of the molecule is CNC1CCC(Sc2nnnn2C2CCCC2)C1C. The van der Waals surface area contributed by atoms with E-state index in [0.29, 0.717) is 23.3 Å². The number of hydrogen-bond acceptors (Lipinski definition) is 5. The Morgan fingerprint density at radius 2 is 2.00 bits per heavy atom. The molecule has 5 nitrogen and oxygen atoms in total. The molecule has 1 N–H and O–H groups in total. The second-order valence-corrected chi connectivity index (χ2v) is 7.04. The van der Waals surface area contributed by atoms with Gasteiger partial charge in [0, 0.05) is 11.3 Å². The van der Waals surface area contributed by atoms with Gasteiger partial charge in [-0.25, -0.2) is 4.68 Å². The zero-order valence-electron chi connectivity index (χ0n) is 11.7. The molecule has 2 aliphatic rings. The van der Waals surface area contributed by atoms with Gasteiger partial charge in [0.05, 0.1) is 6.04 Å². The summed E-state index contributed by atoms with van der Waals surface area (Å²) in [5.74, 6) is 0.684. The fourth-order valence-electron chi connectivity index (χ4n) is 3.48. The Hall–Kier alpha value is -0.620. The number of thioether (sulfide) groups is 1. The maximum absolute atomic E-state index is 4.25. The van der Waals surface area contributed by atoms with Gasteiger partial charge in [0.25, 0.3) is 0 Å². The smallest absolute Gasteiger partial charge is 0.209 e. The van der Waals surface area contributed by atoms with Crippen LogP contribution >= 0.6 is 11.8 Å². The number of aromatic nitrogens is 4. The fourth-order valence-corrected chi connectivity index (χ4v) is 4.78. The largest absolute Gasteiger partial charge is 0.317 e. The average molecular weight is 281 g/mol. The number of nitrogens with one attached hydrogen (secondary N) is 1.